The highest BCUT2D eigenvalue weighted by molar-refractivity contribution is 5.75. The molecular weight excluding hydrogens is 344 g/mol. The zero-order chi connectivity index (χ0) is 19.1. The lowest BCUT2D eigenvalue weighted by Crippen LogP contribution is -2.26. The molecule has 0 fully saturated rings. The normalized spacial score (nSPS) is 10.6. The molecule has 0 amide bonds. The molecule has 0 atom stereocenters. The van der Waals surface area contributed by atoms with E-state index in [-0.39, 0.29) is 12.5 Å². The molecule has 0 aliphatic rings. The Kier molecular flexibility index (Phi) is 6.14. The number of aromatic nitrogens is 3. The summed E-state index contributed by atoms with van der Waals surface area (Å²) >= 11 is 0. The number of nitrogens with zero attached hydrogens (tertiary/aromatic N) is 4. The van der Waals surface area contributed by atoms with Gasteiger partial charge in [-0.3, -0.25) is 4.79 Å². The van der Waals surface area contributed by atoms with Gasteiger partial charge in [0.05, 0.1) is 12.7 Å². The van der Waals surface area contributed by atoms with Gasteiger partial charge in [0.1, 0.15) is 12.4 Å². The maximum Gasteiger partial charge on any atom is 0.325 e. The summed E-state index contributed by atoms with van der Waals surface area (Å²) in [5.74, 6) is 1.47. The Balaban J connectivity index is 1.56. The van der Waals surface area contributed by atoms with Crippen LogP contribution in [0.3, 0.4) is 0 Å². The molecule has 1 aromatic carbocycles. The molecule has 0 bridgehead atoms. The van der Waals surface area contributed by atoms with Gasteiger partial charge in [0.2, 0.25) is 0 Å². The Labute approximate surface area is 158 Å². The maximum atomic E-state index is 11.3. The van der Waals surface area contributed by atoms with Gasteiger partial charge in [-0.2, -0.15) is 4.98 Å². The highest BCUT2D eigenvalue weighted by Crippen LogP contribution is 2.19. The van der Waals surface area contributed by atoms with Crippen molar-refractivity contribution in [3.05, 3.63) is 60.0 Å². The van der Waals surface area contributed by atoms with Crippen LogP contribution in [0.4, 0.5) is 5.82 Å². The van der Waals surface area contributed by atoms with E-state index in [9.17, 15) is 4.79 Å². The molecule has 27 heavy (non-hydrogen) atoms. The largest absolute Gasteiger partial charge is 0.468 e. The van der Waals surface area contributed by atoms with Gasteiger partial charge in [-0.15, -0.1) is 0 Å². The maximum absolute atomic E-state index is 11.3. The number of methoxy groups -OCH3 is 1. The number of rotatable bonds is 8. The minimum absolute atomic E-state index is 0.134. The van der Waals surface area contributed by atoms with E-state index >= 15 is 0 Å². The highest BCUT2D eigenvalue weighted by atomic mass is 16.5. The molecule has 2 heterocycles. The van der Waals surface area contributed by atoms with E-state index in [0.29, 0.717) is 17.5 Å². The molecular formula is C20H22N4O3. The van der Waals surface area contributed by atoms with Crippen molar-refractivity contribution < 1.29 is 14.1 Å². The van der Waals surface area contributed by atoms with Crippen LogP contribution in [0, 0.1) is 0 Å². The number of hydrogen-bond acceptors (Lipinski definition) is 7. The molecule has 0 aliphatic carbocycles. The molecule has 3 rings (SSSR count). The van der Waals surface area contributed by atoms with Crippen molar-refractivity contribution in [2.45, 2.75) is 19.3 Å². The smallest absolute Gasteiger partial charge is 0.325 e. The van der Waals surface area contributed by atoms with Crippen molar-refractivity contribution in [2.24, 2.45) is 0 Å². The standard InChI is InChI=1S/C20H22N4O3/c1-24(14-19(25)26-2)18-12-11-16(13-21-18)20-22-17(23-27-20)10-6-9-15-7-4-3-5-8-15/h3-5,7-8,11-13H,6,9-10,14H2,1-2H3. The molecule has 3 aromatic rings. The van der Waals surface area contributed by atoms with Crippen LogP contribution in [0.15, 0.2) is 53.2 Å². The molecule has 0 radical (unpaired) electrons. The topological polar surface area (TPSA) is 81.4 Å². The first kappa shape index (κ1) is 18.6. The zero-order valence-electron chi connectivity index (χ0n) is 15.5. The van der Waals surface area contributed by atoms with Gasteiger partial charge < -0.3 is 14.2 Å². The van der Waals surface area contributed by atoms with Gasteiger partial charge in [0.25, 0.3) is 5.89 Å². The Morgan fingerprint density at radius 3 is 2.67 bits per heavy atom. The fraction of sp³-hybridized carbons (Fsp3) is 0.300. The van der Waals surface area contributed by atoms with Crippen LogP contribution in [0.25, 0.3) is 11.5 Å². The van der Waals surface area contributed by atoms with E-state index in [1.807, 2.05) is 24.3 Å². The monoisotopic (exact) mass is 366 g/mol. The second-order valence-corrected chi connectivity index (χ2v) is 6.19. The fourth-order valence-electron chi connectivity index (χ4n) is 2.65. The third-order valence-electron chi connectivity index (χ3n) is 4.16. The Hall–Kier alpha value is -3.22. The summed E-state index contributed by atoms with van der Waals surface area (Å²) < 4.78 is 10.0. The predicted octanol–water partition coefficient (Wildman–Crippen LogP) is 2.92. The van der Waals surface area contributed by atoms with E-state index in [1.54, 1.807) is 24.2 Å². The van der Waals surface area contributed by atoms with Gasteiger partial charge >= 0.3 is 5.97 Å². The lowest BCUT2D eigenvalue weighted by atomic mass is 10.1. The third-order valence-corrected chi connectivity index (χ3v) is 4.16. The van der Waals surface area contributed by atoms with Crippen LogP contribution >= 0.6 is 0 Å². The first-order chi connectivity index (χ1) is 13.2. The van der Waals surface area contributed by atoms with Crippen LogP contribution in [-0.2, 0) is 22.4 Å². The molecule has 0 unspecified atom stereocenters. The molecule has 0 spiro atoms. The number of likely N-dealkylation sites (N-methyl/N-ethyl adjacent to an activating group) is 1. The molecule has 7 heteroatoms. The highest BCUT2D eigenvalue weighted by Gasteiger charge is 2.12. The van der Waals surface area contributed by atoms with Gasteiger partial charge in [0, 0.05) is 19.7 Å². The van der Waals surface area contributed by atoms with Gasteiger partial charge in [-0.05, 0) is 30.5 Å². The zero-order valence-corrected chi connectivity index (χ0v) is 15.5. The summed E-state index contributed by atoms with van der Waals surface area (Å²) in [6.45, 7) is 0.134. The van der Waals surface area contributed by atoms with E-state index < -0.39 is 0 Å². The van der Waals surface area contributed by atoms with Crippen molar-refractivity contribution in [2.75, 3.05) is 25.6 Å². The first-order valence-corrected chi connectivity index (χ1v) is 8.76. The van der Waals surface area contributed by atoms with Crippen molar-refractivity contribution in [1.82, 2.24) is 15.1 Å². The van der Waals surface area contributed by atoms with E-state index in [0.717, 1.165) is 24.8 Å². The van der Waals surface area contributed by atoms with Crippen LogP contribution in [0.1, 0.15) is 17.8 Å². The molecule has 140 valence electrons. The number of aryl methyl sites for hydroxylation is 2. The number of pyridine rings is 1. The average Bonchev–Trinajstić information content (AvgIpc) is 3.17. The van der Waals surface area contributed by atoms with Gasteiger partial charge in [-0.25, -0.2) is 4.98 Å². The Morgan fingerprint density at radius 2 is 1.96 bits per heavy atom. The van der Waals surface area contributed by atoms with Crippen molar-refractivity contribution >= 4 is 11.8 Å². The summed E-state index contributed by atoms with van der Waals surface area (Å²) in [5.41, 5.74) is 2.05. The number of benzene rings is 1. The van der Waals surface area contributed by atoms with Crippen LogP contribution < -0.4 is 4.90 Å². The lowest BCUT2D eigenvalue weighted by Gasteiger charge is -2.16. The minimum Gasteiger partial charge on any atom is -0.468 e. The molecule has 0 saturated carbocycles. The lowest BCUT2D eigenvalue weighted by molar-refractivity contribution is -0.138. The molecule has 0 N–H and O–H groups in total. The van der Waals surface area contributed by atoms with Gasteiger partial charge in [0.15, 0.2) is 5.82 Å². The SMILES string of the molecule is COC(=O)CN(C)c1ccc(-c2nc(CCCc3ccccc3)no2)cn1. The van der Waals surface area contributed by atoms with Crippen LogP contribution in [0.5, 0.6) is 0 Å². The number of ether oxygens (including phenoxy) is 1. The van der Waals surface area contributed by atoms with Crippen molar-refractivity contribution in [3.8, 4) is 11.5 Å². The summed E-state index contributed by atoms with van der Waals surface area (Å²) in [5, 5.41) is 4.05. The van der Waals surface area contributed by atoms with E-state index in [2.05, 4.69) is 32.0 Å². The molecule has 0 saturated heterocycles. The number of esters is 1. The number of hydrogen-bond donors (Lipinski definition) is 0. The average molecular weight is 366 g/mol. The molecule has 7 nitrogen and oxygen atoms in total. The number of anilines is 1. The predicted molar refractivity (Wildman–Crippen MR) is 101 cm³/mol. The quantitative estimate of drug-likeness (QED) is 0.567. The molecule has 2 aromatic heterocycles. The third kappa shape index (κ3) is 5.13. The van der Waals surface area contributed by atoms with Crippen LogP contribution in [0.2, 0.25) is 0 Å². The van der Waals surface area contributed by atoms with Gasteiger partial charge in [-0.1, -0.05) is 35.5 Å². The van der Waals surface area contributed by atoms with E-state index in [4.69, 9.17) is 4.52 Å². The summed E-state index contributed by atoms with van der Waals surface area (Å²) in [6.07, 6.45) is 4.35. The minimum atomic E-state index is -0.319. The summed E-state index contributed by atoms with van der Waals surface area (Å²) in [7, 11) is 3.14. The second-order valence-electron chi connectivity index (χ2n) is 6.19. The summed E-state index contributed by atoms with van der Waals surface area (Å²) in [6, 6.07) is 14.0. The van der Waals surface area contributed by atoms with Crippen molar-refractivity contribution in [1.29, 1.82) is 0 Å². The first-order valence-electron chi connectivity index (χ1n) is 8.76. The van der Waals surface area contributed by atoms with Crippen molar-refractivity contribution in [3.63, 3.8) is 0 Å². The fourth-order valence-corrected chi connectivity index (χ4v) is 2.65. The second kappa shape index (κ2) is 8.93. The Morgan fingerprint density at radius 1 is 1.15 bits per heavy atom. The van der Waals surface area contributed by atoms with Crippen LogP contribution in [-0.4, -0.2) is 41.8 Å². The van der Waals surface area contributed by atoms with E-state index in [1.165, 1.54) is 12.7 Å². The molecule has 0 aliphatic heterocycles. The number of carbonyl (C=O) groups is 1. The number of carbonyl (C=O) groups excluding carboxylic acids is 1. The Bertz CT molecular complexity index is 862. The summed E-state index contributed by atoms with van der Waals surface area (Å²) in [4.78, 5) is 21.8.